The molecule has 194 valence electrons. The number of morpholine rings is 1. The highest BCUT2D eigenvalue weighted by Crippen LogP contribution is 2.34. The van der Waals surface area contributed by atoms with E-state index < -0.39 is 0 Å². The number of halogens is 1. The molecule has 5 rings (SSSR count). The van der Waals surface area contributed by atoms with Gasteiger partial charge in [0.2, 0.25) is 11.8 Å². The molecule has 0 unspecified atom stereocenters. The quantitative estimate of drug-likeness (QED) is 0.441. The lowest BCUT2D eigenvalue weighted by Crippen LogP contribution is -2.45. The third-order valence-electron chi connectivity index (χ3n) is 6.71. The molecule has 1 aromatic heterocycles. The maximum atomic E-state index is 13.6. The Bertz CT molecular complexity index is 1190. The van der Waals surface area contributed by atoms with Gasteiger partial charge < -0.3 is 29.7 Å². The number of nitrogens with one attached hydrogen (secondary N) is 2. The van der Waals surface area contributed by atoms with E-state index in [-0.39, 0.29) is 11.2 Å². The fraction of sp³-hybridized carbons (Fsp3) is 0.370. The number of hydrogen-bond acceptors (Lipinski definition) is 7. The molecule has 0 bridgehead atoms. The van der Waals surface area contributed by atoms with Crippen molar-refractivity contribution in [2.45, 2.75) is 18.3 Å². The molecule has 2 N–H and O–H groups in total. The first-order valence-electron chi connectivity index (χ1n) is 12.4. The Morgan fingerprint density at radius 3 is 2.41 bits per heavy atom. The normalized spacial score (nSPS) is 17.2. The molecule has 37 heavy (non-hydrogen) atoms. The molecule has 2 fully saturated rings. The zero-order valence-electron chi connectivity index (χ0n) is 20.5. The smallest absolute Gasteiger partial charge is 0.234 e. The molecule has 2 saturated heterocycles. The van der Waals surface area contributed by atoms with Gasteiger partial charge in [0, 0.05) is 44.3 Å². The number of benzene rings is 2. The standard InChI is InChI=1S/C27H30FN5O3S/c28-21-8-6-20(7-9-21)27(10-14-34-15-11-27)19-29-26(37)32-25-30-23(33-12-16-35-17-13-33)18-24(31-25)36-22-4-2-1-3-5-22/h1-9,18H,10-17,19H2,(H2,29,30,31,32,37). The number of aromatic nitrogens is 2. The summed E-state index contributed by atoms with van der Waals surface area (Å²) in [6, 6.07) is 18.0. The number of para-hydroxylation sites is 1. The maximum Gasteiger partial charge on any atom is 0.234 e. The molecule has 0 spiro atoms. The van der Waals surface area contributed by atoms with Crippen LogP contribution in [0.15, 0.2) is 60.7 Å². The molecule has 3 aromatic rings. The van der Waals surface area contributed by atoms with Gasteiger partial charge in [-0.3, -0.25) is 0 Å². The second kappa shape index (κ2) is 11.8. The van der Waals surface area contributed by atoms with E-state index in [0.717, 1.165) is 37.3 Å². The predicted molar refractivity (Wildman–Crippen MR) is 144 cm³/mol. The van der Waals surface area contributed by atoms with E-state index in [2.05, 4.69) is 20.5 Å². The fourth-order valence-corrected chi connectivity index (χ4v) is 4.78. The average molecular weight is 524 g/mol. The number of rotatable bonds is 7. The molecule has 0 saturated carbocycles. The van der Waals surface area contributed by atoms with Crippen molar-refractivity contribution in [2.75, 3.05) is 56.3 Å². The summed E-state index contributed by atoms with van der Waals surface area (Å²) >= 11 is 5.63. The molecule has 0 atom stereocenters. The third kappa shape index (κ3) is 6.51. The Morgan fingerprint density at radius 1 is 0.973 bits per heavy atom. The Balaban J connectivity index is 1.32. The average Bonchev–Trinajstić information content (AvgIpc) is 2.94. The minimum absolute atomic E-state index is 0.213. The monoisotopic (exact) mass is 523 g/mol. The number of thiocarbonyl (C=S) groups is 1. The van der Waals surface area contributed by atoms with Gasteiger partial charge in [-0.05, 0) is 54.9 Å². The molecule has 0 aliphatic carbocycles. The van der Waals surface area contributed by atoms with Gasteiger partial charge in [-0.25, -0.2) is 4.39 Å². The highest BCUT2D eigenvalue weighted by molar-refractivity contribution is 7.80. The van der Waals surface area contributed by atoms with Crippen LogP contribution in [-0.4, -0.2) is 61.1 Å². The predicted octanol–water partition coefficient (Wildman–Crippen LogP) is 4.28. The molecule has 3 heterocycles. The summed E-state index contributed by atoms with van der Waals surface area (Å²) in [6.07, 6.45) is 1.62. The van der Waals surface area contributed by atoms with Gasteiger partial charge in [0.15, 0.2) is 5.11 Å². The van der Waals surface area contributed by atoms with Gasteiger partial charge in [0.25, 0.3) is 0 Å². The van der Waals surface area contributed by atoms with Crippen LogP contribution in [0.2, 0.25) is 0 Å². The zero-order valence-corrected chi connectivity index (χ0v) is 21.3. The van der Waals surface area contributed by atoms with Crippen molar-refractivity contribution < 1.29 is 18.6 Å². The minimum Gasteiger partial charge on any atom is -0.439 e. The van der Waals surface area contributed by atoms with Gasteiger partial charge in [-0.1, -0.05) is 30.3 Å². The van der Waals surface area contributed by atoms with Gasteiger partial charge in [0.05, 0.1) is 13.2 Å². The maximum absolute atomic E-state index is 13.6. The Labute approximate surface area is 221 Å². The van der Waals surface area contributed by atoms with Crippen LogP contribution >= 0.6 is 12.2 Å². The topological polar surface area (TPSA) is 80.8 Å². The second-order valence-electron chi connectivity index (χ2n) is 9.11. The first-order chi connectivity index (χ1) is 18.1. The second-order valence-corrected chi connectivity index (χ2v) is 9.52. The van der Waals surface area contributed by atoms with E-state index in [1.54, 1.807) is 0 Å². The van der Waals surface area contributed by atoms with Gasteiger partial charge in [-0.15, -0.1) is 0 Å². The Morgan fingerprint density at radius 2 is 1.68 bits per heavy atom. The van der Waals surface area contributed by atoms with E-state index in [4.69, 9.17) is 31.4 Å². The van der Waals surface area contributed by atoms with Gasteiger partial charge >= 0.3 is 0 Å². The molecular weight excluding hydrogens is 493 g/mol. The number of nitrogens with zero attached hydrogens (tertiary/aromatic N) is 3. The van der Waals surface area contributed by atoms with E-state index in [0.29, 0.717) is 55.7 Å². The first-order valence-corrected chi connectivity index (χ1v) is 12.8. The van der Waals surface area contributed by atoms with Crippen molar-refractivity contribution in [2.24, 2.45) is 0 Å². The molecule has 8 nitrogen and oxygen atoms in total. The lowest BCUT2D eigenvalue weighted by molar-refractivity contribution is 0.0515. The van der Waals surface area contributed by atoms with Gasteiger partial charge in [-0.2, -0.15) is 9.97 Å². The van der Waals surface area contributed by atoms with Crippen molar-refractivity contribution in [1.29, 1.82) is 0 Å². The van der Waals surface area contributed by atoms with E-state index in [1.807, 2.05) is 48.5 Å². The number of hydrogen-bond donors (Lipinski definition) is 2. The Kier molecular flexibility index (Phi) is 8.08. The van der Waals surface area contributed by atoms with Crippen molar-refractivity contribution >= 4 is 29.1 Å². The summed E-state index contributed by atoms with van der Waals surface area (Å²) in [5, 5.41) is 6.87. The largest absolute Gasteiger partial charge is 0.439 e. The van der Waals surface area contributed by atoms with Crippen LogP contribution in [-0.2, 0) is 14.9 Å². The van der Waals surface area contributed by atoms with Crippen molar-refractivity contribution in [1.82, 2.24) is 15.3 Å². The lowest BCUT2D eigenvalue weighted by Gasteiger charge is -2.38. The zero-order chi connectivity index (χ0) is 25.5. The van der Waals surface area contributed by atoms with Crippen molar-refractivity contribution in [3.05, 3.63) is 72.0 Å². The summed E-state index contributed by atoms with van der Waals surface area (Å²) in [4.78, 5) is 11.4. The van der Waals surface area contributed by atoms with Crippen LogP contribution in [0.1, 0.15) is 18.4 Å². The van der Waals surface area contributed by atoms with Crippen LogP contribution in [0.4, 0.5) is 16.2 Å². The van der Waals surface area contributed by atoms with Crippen LogP contribution in [0.25, 0.3) is 0 Å². The van der Waals surface area contributed by atoms with Crippen molar-refractivity contribution in [3.63, 3.8) is 0 Å². The van der Waals surface area contributed by atoms with Crippen LogP contribution in [0, 0.1) is 5.82 Å². The Hall–Kier alpha value is -3.34. The van der Waals surface area contributed by atoms with Gasteiger partial charge in [0.1, 0.15) is 17.4 Å². The van der Waals surface area contributed by atoms with Crippen molar-refractivity contribution in [3.8, 4) is 11.6 Å². The summed E-state index contributed by atoms with van der Waals surface area (Å²) < 4.78 is 30.7. The molecule has 0 amide bonds. The highest BCUT2D eigenvalue weighted by Gasteiger charge is 2.34. The molecule has 2 aromatic carbocycles. The SMILES string of the molecule is Fc1ccc(C2(CNC(=S)Nc3nc(Oc4ccccc4)cc(N4CCOCC4)n3)CCOCC2)cc1. The summed E-state index contributed by atoms with van der Waals surface area (Å²) in [6.45, 7) is 4.59. The molecular formula is C27H30FN5O3S. The fourth-order valence-electron chi connectivity index (χ4n) is 4.61. The summed E-state index contributed by atoms with van der Waals surface area (Å²) in [5.74, 6) is 1.93. The number of anilines is 2. The molecule has 10 heteroatoms. The molecule has 2 aliphatic heterocycles. The molecule has 2 aliphatic rings. The highest BCUT2D eigenvalue weighted by atomic mass is 32.1. The summed E-state index contributed by atoms with van der Waals surface area (Å²) in [5.41, 5.74) is 0.854. The van der Waals surface area contributed by atoms with Crippen LogP contribution < -0.4 is 20.3 Å². The summed E-state index contributed by atoms with van der Waals surface area (Å²) in [7, 11) is 0. The number of ether oxygens (including phenoxy) is 3. The molecule has 0 radical (unpaired) electrons. The van der Waals surface area contributed by atoms with E-state index >= 15 is 0 Å². The minimum atomic E-state index is -0.248. The lowest BCUT2D eigenvalue weighted by atomic mass is 9.74. The first kappa shape index (κ1) is 25.3. The van der Waals surface area contributed by atoms with Crippen LogP contribution in [0.5, 0.6) is 11.6 Å². The van der Waals surface area contributed by atoms with E-state index in [9.17, 15) is 4.39 Å². The van der Waals surface area contributed by atoms with Crippen LogP contribution in [0.3, 0.4) is 0 Å². The third-order valence-corrected chi connectivity index (χ3v) is 6.96. The van der Waals surface area contributed by atoms with E-state index in [1.165, 1.54) is 12.1 Å².